The fourth-order valence-electron chi connectivity index (χ4n) is 4.33. The molecule has 0 unspecified atom stereocenters. The fourth-order valence-corrected chi connectivity index (χ4v) is 10.9. The molecule has 156 valence electrons. The summed E-state index contributed by atoms with van der Waals surface area (Å²) in [4.78, 5) is 1.25. The second-order valence-electron chi connectivity index (χ2n) is 7.74. The van der Waals surface area contributed by atoms with E-state index in [4.69, 9.17) is 0 Å². The molecule has 0 amide bonds. The minimum atomic E-state index is -2.10. The van der Waals surface area contributed by atoms with Crippen LogP contribution in [0, 0.1) is 12.7 Å². The van der Waals surface area contributed by atoms with Crippen molar-refractivity contribution in [3.8, 4) is 11.1 Å². The molecule has 0 bridgehead atoms. The molecule has 5 rings (SSSR count). The molecule has 4 aromatic carbocycles. The second-order valence-corrected chi connectivity index (χ2v) is 12.7. The van der Waals surface area contributed by atoms with Crippen LogP contribution >= 0.6 is 18.6 Å². The molecule has 0 saturated heterocycles. The Bertz CT molecular complexity index is 1210. The van der Waals surface area contributed by atoms with E-state index in [1.807, 2.05) is 23.5 Å². The van der Waals surface area contributed by atoms with Crippen LogP contribution in [0.3, 0.4) is 0 Å². The van der Waals surface area contributed by atoms with Crippen LogP contribution in [-0.4, -0.2) is 0 Å². The van der Waals surface area contributed by atoms with Crippen molar-refractivity contribution < 1.29 is 4.39 Å². The van der Waals surface area contributed by atoms with Crippen LogP contribution in [0.4, 0.5) is 4.39 Å². The fraction of sp³-hybridized carbons (Fsp3) is 0.0345. The Morgan fingerprint density at radius 2 is 1.03 bits per heavy atom. The van der Waals surface area contributed by atoms with Crippen LogP contribution in [0.15, 0.2) is 121 Å². The second kappa shape index (κ2) is 8.82. The summed E-state index contributed by atoms with van der Waals surface area (Å²) in [6.07, 6.45) is 0. The highest BCUT2D eigenvalue weighted by molar-refractivity contribution is 8.04. The lowest BCUT2D eigenvalue weighted by molar-refractivity contribution is 0.628. The zero-order valence-corrected chi connectivity index (χ0v) is 19.5. The van der Waals surface area contributed by atoms with Crippen molar-refractivity contribution in [1.82, 2.24) is 0 Å². The van der Waals surface area contributed by atoms with Gasteiger partial charge in [0.2, 0.25) is 0 Å². The van der Waals surface area contributed by atoms with Crippen molar-refractivity contribution in [1.29, 1.82) is 0 Å². The van der Waals surface area contributed by atoms with E-state index < -0.39 is 7.26 Å². The van der Waals surface area contributed by atoms with Gasteiger partial charge in [0.25, 0.3) is 0 Å². The van der Waals surface area contributed by atoms with Crippen molar-refractivity contribution in [2.45, 2.75) is 6.92 Å². The summed E-state index contributed by atoms with van der Waals surface area (Å²) in [6.45, 7) is 2.17. The molecule has 0 atom stereocenters. The van der Waals surface area contributed by atoms with E-state index in [0.717, 1.165) is 5.56 Å². The number of hydrogen-bond acceptors (Lipinski definition) is 1. The summed E-state index contributed by atoms with van der Waals surface area (Å²) in [5.74, 6) is -0.207. The van der Waals surface area contributed by atoms with Gasteiger partial charge in [-0.25, -0.2) is 4.39 Å². The summed E-state index contributed by atoms with van der Waals surface area (Å²) in [6, 6.07) is 41.8. The molecular formula is C29H23FPS+. The van der Waals surface area contributed by atoms with Crippen molar-refractivity contribution in [2.24, 2.45) is 0 Å². The highest BCUT2D eigenvalue weighted by atomic mass is 32.1. The SMILES string of the molecule is Cc1sc([P+](c2ccccc2)(c2ccccc2)c2ccccc2)cc1-c1ccc(F)cc1. The zero-order chi connectivity index (χ0) is 22.0. The Kier molecular flexibility index (Phi) is 5.74. The first-order chi connectivity index (χ1) is 15.7. The molecule has 3 heteroatoms. The predicted molar refractivity (Wildman–Crippen MR) is 139 cm³/mol. The van der Waals surface area contributed by atoms with Crippen LogP contribution in [0.1, 0.15) is 4.88 Å². The van der Waals surface area contributed by atoms with Gasteiger partial charge in [-0.2, -0.15) is 0 Å². The summed E-state index contributed by atoms with van der Waals surface area (Å²) < 4.78 is 14.9. The van der Waals surface area contributed by atoms with Crippen molar-refractivity contribution in [2.75, 3.05) is 0 Å². The molecule has 0 saturated carbocycles. The average molecular weight is 454 g/mol. The first-order valence-electron chi connectivity index (χ1n) is 10.6. The largest absolute Gasteiger partial charge is 0.207 e. The number of benzene rings is 4. The Morgan fingerprint density at radius 3 is 1.47 bits per heavy atom. The first kappa shape index (κ1) is 20.8. The normalized spacial score (nSPS) is 11.4. The molecule has 0 radical (unpaired) electrons. The van der Waals surface area contributed by atoms with Gasteiger partial charge in [0.1, 0.15) is 21.7 Å². The molecule has 0 aliphatic rings. The molecular weight excluding hydrogens is 430 g/mol. The Balaban J connectivity index is 1.84. The van der Waals surface area contributed by atoms with E-state index in [9.17, 15) is 4.39 Å². The van der Waals surface area contributed by atoms with Gasteiger partial charge >= 0.3 is 0 Å². The van der Waals surface area contributed by atoms with E-state index in [1.54, 1.807) is 12.1 Å². The summed E-state index contributed by atoms with van der Waals surface area (Å²) in [5, 5.41) is 4.01. The van der Waals surface area contributed by atoms with E-state index in [0.29, 0.717) is 0 Å². The average Bonchev–Trinajstić information content (AvgIpc) is 3.24. The lowest BCUT2D eigenvalue weighted by Crippen LogP contribution is -2.37. The molecule has 1 aromatic heterocycles. The minimum Gasteiger partial charge on any atom is -0.207 e. The summed E-state index contributed by atoms with van der Waals surface area (Å²) >= 11 is 1.86. The maximum absolute atomic E-state index is 13.6. The monoisotopic (exact) mass is 453 g/mol. The van der Waals surface area contributed by atoms with Crippen molar-refractivity contribution >= 4 is 39.1 Å². The Hall–Kier alpha value is -3.06. The molecule has 0 nitrogen and oxygen atoms in total. The Labute approximate surface area is 193 Å². The van der Waals surface area contributed by atoms with Gasteiger partial charge < -0.3 is 0 Å². The number of halogens is 1. The van der Waals surface area contributed by atoms with Crippen molar-refractivity contribution in [3.63, 3.8) is 0 Å². The lowest BCUT2D eigenvalue weighted by Gasteiger charge is -2.26. The molecule has 0 fully saturated rings. The molecule has 0 aliphatic carbocycles. The summed E-state index contributed by atoms with van der Waals surface area (Å²) in [5.41, 5.74) is 2.23. The van der Waals surface area contributed by atoms with Gasteiger partial charge in [0.15, 0.2) is 11.9 Å². The standard InChI is InChI=1S/C29H23FPS/c1-22-28(23-17-19-24(30)20-18-23)21-29(32-22)31(25-11-5-2-6-12-25,26-13-7-3-8-14-26)27-15-9-4-10-16-27/h2-21H,1H3/q+1. The Morgan fingerprint density at radius 1 is 0.594 bits per heavy atom. The van der Waals surface area contributed by atoms with Crippen LogP contribution in [0.2, 0.25) is 0 Å². The maximum atomic E-state index is 13.6. The van der Waals surface area contributed by atoms with E-state index >= 15 is 0 Å². The van der Waals surface area contributed by atoms with Gasteiger partial charge in [-0.15, -0.1) is 11.3 Å². The van der Waals surface area contributed by atoms with E-state index in [-0.39, 0.29) is 5.82 Å². The van der Waals surface area contributed by atoms with Crippen LogP contribution < -0.4 is 20.5 Å². The highest BCUT2D eigenvalue weighted by Crippen LogP contribution is 2.56. The highest BCUT2D eigenvalue weighted by Gasteiger charge is 2.49. The summed E-state index contributed by atoms with van der Waals surface area (Å²) in [7, 11) is -2.10. The van der Waals surface area contributed by atoms with E-state index in [2.05, 4.69) is 104 Å². The molecule has 0 aliphatic heterocycles. The third-order valence-electron chi connectivity index (χ3n) is 5.82. The van der Waals surface area contributed by atoms with Gasteiger partial charge in [-0.1, -0.05) is 66.7 Å². The lowest BCUT2D eigenvalue weighted by atomic mass is 10.1. The molecule has 1 heterocycles. The molecule has 32 heavy (non-hydrogen) atoms. The van der Waals surface area contributed by atoms with Gasteiger partial charge in [-0.05, 0) is 66.6 Å². The van der Waals surface area contributed by atoms with Crippen LogP contribution in [0.5, 0.6) is 0 Å². The number of hydrogen-bond donors (Lipinski definition) is 0. The van der Waals surface area contributed by atoms with Crippen LogP contribution in [0.25, 0.3) is 11.1 Å². The van der Waals surface area contributed by atoms with Crippen LogP contribution in [-0.2, 0) is 0 Å². The van der Waals surface area contributed by atoms with E-state index in [1.165, 1.54) is 31.0 Å². The quantitative estimate of drug-likeness (QED) is 0.267. The first-order valence-corrected chi connectivity index (χ1v) is 13.2. The number of aryl methyl sites for hydroxylation is 1. The third-order valence-corrected chi connectivity index (χ3v) is 11.8. The number of rotatable bonds is 5. The minimum absolute atomic E-state index is 0.207. The molecule has 5 aromatic rings. The van der Waals surface area contributed by atoms with Gasteiger partial charge in [0.05, 0.1) is 0 Å². The smallest absolute Gasteiger partial charge is 0.163 e. The maximum Gasteiger partial charge on any atom is 0.163 e. The molecule has 0 N–H and O–H groups in total. The van der Waals surface area contributed by atoms with Crippen molar-refractivity contribution in [3.05, 3.63) is 132 Å². The molecule has 0 spiro atoms. The number of thiophene rings is 1. The third kappa shape index (κ3) is 3.60. The van der Waals surface area contributed by atoms with Gasteiger partial charge in [-0.3, -0.25) is 0 Å². The van der Waals surface area contributed by atoms with Gasteiger partial charge in [0, 0.05) is 10.9 Å². The topological polar surface area (TPSA) is 0 Å². The zero-order valence-electron chi connectivity index (χ0n) is 17.8. The predicted octanol–water partition coefficient (Wildman–Crippen LogP) is 6.48.